The molecule has 0 fully saturated rings. The monoisotopic (exact) mass is 693 g/mol. The maximum Gasteiger partial charge on any atom is 0.0643 e. The van der Waals surface area contributed by atoms with Crippen LogP contribution in [-0.2, 0) is 34.5 Å². The van der Waals surface area contributed by atoms with Gasteiger partial charge in [-0.15, -0.1) is 0 Å². The summed E-state index contributed by atoms with van der Waals surface area (Å²) in [7, 11) is 0. The van der Waals surface area contributed by atoms with Crippen LogP contribution in [0.2, 0.25) is 5.02 Å². The van der Waals surface area contributed by atoms with E-state index in [0.717, 1.165) is 34.8 Å². The van der Waals surface area contributed by atoms with Crippen molar-refractivity contribution < 1.29 is 0 Å². The summed E-state index contributed by atoms with van der Waals surface area (Å²) in [6, 6.07) is 24.4. The first-order valence-electron chi connectivity index (χ1n) is 17.7. The van der Waals surface area contributed by atoms with Gasteiger partial charge in [0.25, 0.3) is 0 Å². The SMILES string of the molecule is C=C(Cc1ccccc1Nc1c(C)cccc1Cl)Cc1c(C(C)(C)C)cc(Sc2cc(C(C)(C)C)c(C)c(C(C)(C)C)c2)cc1C(C)(C)C. The van der Waals surface area contributed by atoms with Crippen molar-refractivity contribution in [1.29, 1.82) is 0 Å². The lowest BCUT2D eigenvalue weighted by Gasteiger charge is -2.32. The van der Waals surface area contributed by atoms with E-state index in [1.165, 1.54) is 54.3 Å². The Hall–Kier alpha value is -2.94. The highest BCUT2D eigenvalue weighted by Crippen LogP contribution is 2.43. The molecular weight excluding hydrogens is 634 g/mol. The van der Waals surface area contributed by atoms with Crippen LogP contribution in [0.1, 0.15) is 128 Å². The third-order valence-electron chi connectivity index (χ3n) is 9.44. The van der Waals surface area contributed by atoms with Gasteiger partial charge < -0.3 is 5.32 Å². The van der Waals surface area contributed by atoms with Gasteiger partial charge in [-0.25, -0.2) is 0 Å². The molecule has 49 heavy (non-hydrogen) atoms. The fraction of sp³-hybridized carbons (Fsp3) is 0.435. The standard InChI is InChI=1S/C46H60ClNS/c1-29(23-32-20-16-17-22-41(32)48-42-30(2)19-18-21-40(42)47)24-35-38(45(10,11)12)27-34(28-39(35)46(13,14)15)49-33-25-36(43(4,5)6)31(3)37(26-33)44(7,8)9/h16-22,25-28,48H,1,23-24H2,2-15H3. The number of hydrogen-bond donors (Lipinski definition) is 1. The smallest absolute Gasteiger partial charge is 0.0643 e. The molecule has 0 spiro atoms. The summed E-state index contributed by atoms with van der Waals surface area (Å²) in [5, 5.41) is 4.36. The van der Waals surface area contributed by atoms with Crippen molar-refractivity contribution in [3.05, 3.63) is 128 Å². The molecule has 1 nitrogen and oxygen atoms in total. The maximum atomic E-state index is 6.61. The molecule has 0 bridgehead atoms. The number of rotatable bonds is 8. The van der Waals surface area contributed by atoms with Gasteiger partial charge in [0.15, 0.2) is 0 Å². The van der Waals surface area contributed by atoms with Crippen molar-refractivity contribution in [3.8, 4) is 0 Å². The summed E-state index contributed by atoms with van der Waals surface area (Å²) < 4.78 is 0. The molecule has 0 aliphatic heterocycles. The average molecular weight is 695 g/mol. The highest BCUT2D eigenvalue weighted by atomic mass is 35.5. The zero-order valence-electron chi connectivity index (χ0n) is 32.8. The number of benzene rings is 4. The number of hydrogen-bond acceptors (Lipinski definition) is 2. The Kier molecular flexibility index (Phi) is 11.4. The molecule has 4 aromatic rings. The van der Waals surface area contributed by atoms with Crippen molar-refractivity contribution in [3.63, 3.8) is 0 Å². The Balaban J connectivity index is 1.76. The molecule has 0 aromatic heterocycles. The maximum absolute atomic E-state index is 6.61. The fourth-order valence-electron chi connectivity index (χ4n) is 6.98. The van der Waals surface area contributed by atoms with E-state index in [4.69, 9.17) is 11.6 Å². The molecule has 1 N–H and O–H groups in total. The van der Waals surface area contributed by atoms with Crippen molar-refractivity contribution in [2.24, 2.45) is 0 Å². The van der Waals surface area contributed by atoms with E-state index in [-0.39, 0.29) is 21.7 Å². The van der Waals surface area contributed by atoms with Crippen LogP contribution in [0.15, 0.2) is 88.7 Å². The van der Waals surface area contributed by atoms with E-state index in [1.54, 1.807) is 0 Å². The Morgan fingerprint density at radius 1 is 0.633 bits per heavy atom. The molecule has 262 valence electrons. The minimum Gasteiger partial charge on any atom is -0.354 e. The third-order valence-corrected chi connectivity index (χ3v) is 10.7. The van der Waals surface area contributed by atoms with Crippen molar-refractivity contribution in [2.45, 2.75) is 141 Å². The minimum absolute atomic E-state index is 0.0341. The summed E-state index contributed by atoms with van der Waals surface area (Å²) in [5.41, 5.74) is 14.1. The molecular formula is C46H60ClNS. The first-order chi connectivity index (χ1) is 22.5. The Morgan fingerprint density at radius 3 is 1.57 bits per heavy atom. The molecule has 0 unspecified atom stereocenters. The van der Waals surface area contributed by atoms with Crippen LogP contribution < -0.4 is 5.32 Å². The van der Waals surface area contributed by atoms with Crippen molar-refractivity contribution in [2.75, 3.05) is 5.32 Å². The van der Waals surface area contributed by atoms with Crippen molar-refractivity contribution in [1.82, 2.24) is 0 Å². The molecule has 3 heteroatoms. The molecule has 0 aliphatic rings. The largest absolute Gasteiger partial charge is 0.354 e. The summed E-state index contributed by atoms with van der Waals surface area (Å²) in [5.74, 6) is 0. The predicted molar refractivity (Wildman–Crippen MR) is 219 cm³/mol. The highest BCUT2D eigenvalue weighted by molar-refractivity contribution is 7.99. The second-order valence-electron chi connectivity index (χ2n) is 18.1. The van der Waals surface area contributed by atoms with E-state index in [0.29, 0.717) is 0 Å². The zero-order valence-corrected chi connectivity index (χ0v) is 34.3. The molecule has 0 heterocycles. The van der Waals surface area contributed by atoms with Crippen LogP contribution in [0.25, 0.3) is 0 Å². The van der Waals surface area contributed by atoms with Gasteiger partial charge in [-0.3, -0.25) is 0 Å². The number of allylic oxidation sites excluding steroid dienone is 1. The van der Waals surface area contributed by atoms with Gasteiger partial charge in [-0.05, 0) is 129 Å². The Morgan fingerprint density at radius 2 is 1.10 bits per heavy atom. The first kappa shape index (κ1) is 38.9. The van der Waals surface area contributed by atoms with E-state index in [1.807, 2.05) is 23.9 Å². The second kappa shape index (κ2) is 14.4. The molecule has 0 saturated heterocycles. The lowest BCUT2D eigenvalue weighted by atomic mass is 9.74. The fourth-order valence-corrected chi connectivity index (χ4v) is 8.23. The molecule has 0 atom stereocenters. The molecule has 0 amide bonds. The number of anilines is 2. The Bertz CT molecular complexity index is 1740. The zero-order chi connectivity index (χ0) is 36.7. The first-order valence-corrected chi connectivity index (χ1v) is 18.9. The summed E-state index contributed by atoms with van der Waals surface area (Å²) in [6.45, 7) is 37.2. The van der Waals surface area contributed by atoms with Gasteiger partial charge in [0.2, 0.25) is 0 Å². The minimum atomic E-state index is -0.0341. The Labute approximate surface area is 308 Å². The van der Waals surface area contributed by atoms with E-state index >= 15 is 0 Å². The molecule has 4 rings (SSSR count). The van der Waals surface area contributed by atoms with Gasteiger partial charge in [-0.2, -0.15) is 0 Å². The number of nitrogens with one attached hydrogen (secondary N) is 1. The lowest BCUT2D eigenvalue weighted by molar-refractivity contribution is 0.554. The molecule has 0 aliphatic carbocycles. The van der Waals surface area contributed by atoms with Crippen LogP contribution in [0.5, 0.6) is 0 Å². The topological polar surface area (TPSA) is 12.0 Å². The van der Waals surface area contributed by atoms with Gasteiger partial charge in [0, 0.05) is 15.5 Å². The van der Waals surface area contributed by atoms with E-state index < -0.39 is 0 Å². The van der Waals surface area contributed by atoms with E-state index in [9.17, 15) is 0 Å². The summed E-state index contributed by atoms with van der Waals surface area (Å²) in [6.07, 6.45) is 1.61. The van der Waals surface area contributed by atoms with Crippen LogP contribution in [0.4, 0.5) is 11.4 Å². The van der Waals surface area contributed by atoms with Gasteiger partial charge >= 0.3 is 0 Å². The molecule has 0 saturated carbocycles. The van der Waals surface area contributed by atoms with Gasteiger partial charge in [0.05, 0.1) is 10.7 Å². The quantitative estimate of drug-likeness (QED) is 0.184. The van der Waals surface area contributed by atoms with Crippen LogP contribution in [-0.4, -0.2) is 0 Å². The van der Waals surface area contributed by atoms with Crippen LogP contribution >= 0.6 is 23.4 Å². The van der Waals surface area contributed by atoms with E-state index in [2.05, 4.69) is 163 Å². The highest BCUT2D eigenvalue weighted by Gasteiger charge is 2.29. The second-order valence-corrected chi connectivity index (χ2v) is 19.6. The lowest BCUT2D eigenvalue weighted by Crippen LogP contribution is -2.22. The number of para-hydroxylation sites is 2. The molecule has 0 radical (unpaired) electrons. The van der Waals surface area contributed by atoms with Crippen LogP contribution in [0.3, 0.4) is 0 Å². The normalized spacial score (nSPS) is 12.7. The molecule has 4 aromatic carbocycles. The van der Waals surface area contributed by atoms with Gasteiger partial charge in [-0.1, -0.05) is 149 Å². The summed E-state index contributed by atoms with van der Waals surface area (Å²) in [4.78, 5) is 2.62. The van der Waals surface area contributed by atoms with Gasteiger partial charge in [0.1, 0.15) is 0 Å². The number of aryl methyl sites for hydroxylation is 1. The summed E-state index contributed by atoms with van der Waals surface area (Å²) >= 11 is 8.52. The average Bonchev–Trinajstić information content (AvgIpc) is 2.95. The number of halogens is 1. The predicted octanol–water partition coefficient (Wildman–Crippen LogP) is 14.4. The van der Waals surface area contributed by atoms with Crippen molar-refractivity contribution >= 4 is 34.7 Å². The van der Waals surface area contributed by atoms with Crippen LogP contribution in [0, 0.1) is 13.8 Å². The third kappa shape index (κ3) is 9.44.